The molecule has 0 aromatic carbocycles. The second-order valence-corrected chi connectivity index (χ2v) is 4.51. The van der Waals surface area contributed by atoms with Crippen molar-refractivity contribution in [2.75, 3.05) is 25.6 Å². The van der Waals surface area contributed by atoms with E-state index in [2.05, 4.69) is 14.9 Å². The van der Waals surface area contributed by atoms with Gasteiger partial charge in [-0.15, -0.1) is 0 Å². The second kappa shape index (κ2) is 4.73. The Labute approximate surface area is 99.9 Å². The summed E-state index contributed by atoms with van der Waals surface area (Å²) in [5.41, 5.74) is 0. The molecule has 0 unspecified atom stereocenters. The molecule has 1 aromatic heterocycles. The molecule has 0 amide bonds. The summed E-state index contributed by atoms with van der Waals surface area (Å²) in [6.45, 7) is 2.31. The van der Waals surface area contributed by atoms with Crippen molar-refractivity contribution in [2.24, 2.45) is 5.92 Å². The van der Waals surface area contributed by atoms with Gasteiger partial charge < -0.3 is 14.2 Å². The summed E-state index contributed by atoms with van der Waals surface area (Å²) in [5, 5.41) is 3.93. The van der Waals surface area contributed by atoms with E-state index in [0.717, 1.165) is 18.7 Å². The molecule has 6 nitrogen and oxygen atoms in total. The monoisotopic (exact) mass is 239 g/mol. The number of anilines is 1. The quantitative estimate of drug-likeness (QED) is 0.719. The highest BCUT2D eigenvalue weighted by molar-refractivity contribution is 5.72. The number of esters is 1. The normalized spacial score (nSPS) is 16.6. The molecule has 1 saturated carbocycles. The molecular formula is C11H17N3O3. The van der Waals surface area contributed by atoms with Crippen LogP contribution in [0.3, 0.4) is 0 Å². The molecule has 6 heteroatoms. The van der Waals surface area contributed by atoms with E-state index in [1.54, 1.807) is 11.8 Å². The zero-order valence-corrected chi connectivity index (χ0v) is 10.3. The molecule has 94 valence electrons. The number of methoxy groups -OCH3 is 1. The van der Waals surface area contributed by atoms with Gasteiger partial charge in [-0.25, -0.2) is 0 Å². The lowest BCUT2D eigenvalue weighted by Crippen LogP contribution is -2.29. The van der Waals surface area contributed by atoms with Crippen LogP contribution in [0.5, 0.6) is 0 Å². The topological polar surface area (TPSA) is 68.5 Å². The Morgan fingerprint density at radius 1 is 1.65 bits per heavy atom. The number of carbonyl (C=O) groups excluding carboxylic acids is 1. The van der Waals surface area contributed by atoms with Crippen molar-refractivity contribution in [2.45, 2.75) is 25.7 Å². The fraction of sp³-hybridized carbons (Fsp3) is 0.727. The first-order valence-electron chi connectivity index (χ1n) is 5.74. The molecule has 1 aliphatic carbocycles. The van der Waals surface area contributed by atoms with Crippen LogP contribution in [-0.2, 0) is 9.53 Å². The first kappa shape index (κ1) is 11.9. The SMILES string of the molecule is COC(=O)[C@@H](C)CN(C)c1nc(C2CC2)no1. The van der Waals surface area contributed by atoms with Crippen LogP contribution in [0.25, 0.3) is 0 Å². The van der Waals surface area contributed by atoms with E-state index in [-0.39, 0.29) is 11.9 Å². The third kappa shape index (κ3) is 2.75. The number of hydrogen-bond donors (Lipinski definition) is 0. The van der Waals surface area contributed by atoms with Crippen LogP contribution in [0.4, 0.5) is 6.01 Å². The van der Waals surface area contributed by atoms with Crippen molar-refractivity contribution in [1.82, 2.24) is 10.1 Å². The van der Waals surface area contributed by atoms with Gasteiger partial charge in [0.1, 0.15) is 0 Å². The standard InChI is InChI=1S/C11H17N3O3/c1-7(10(15)16-3)6-14(2)11-12-9(13-17-11)8-4-5-8/h7-8H,4-6H2,1-3H3/t7-/m0/s1. The summed E-state index contributed by atoms with van der Waals surface area (Å²) in [4.78, 5) is 17.4. The average molecular weight is 239 g/mol. The number of carbonyl (C=O) groups is 1. The van der Waals surface area contributed by atoms with Gasteiger partial charge >= 0.3 is 12.0 Å². The summed E-state index contributed by atoms with van der Waals surface area (Å²) in [6.07, 6.45) is 2.28. The molecule has 1 fully saturated rings. The molecule has 1 aromatic rings. The molecular weight excluding hydrogens is 222 g/mol. The highest BCUT2D eigenvalue weighted by Gasteiger charge is 2.29. The van der Waals surface area contributed by atoms with Crippen molar-refractivity contribution < 1.29 is 14.1 Å². The smallest absolute Gasteiger partial charge is 0.323 e. The molecule has 0 bridgehead atoms. The maximum atomic E-state index is 11.3. The van der Waals surface area contributed by atoms with Crippen molar-refractivity contribution in [3.8, 4) is 0 Å². The summed E-state index contributed by atoms with van der Waals surface area (Å²) in [7, 11) is 3.21. The van der Waals surface area contributed by atoms with Gasteiger partial charge in [0.05, 0.1) is 13.0 Å². The minimum absolute atomic E-state index is 0.221. The van der Waals surface area contributed by atoms with Crippen LogP contribution in [0.1, 0.15) is 31.5 Å². The number of rotatable bonds is 5. The van der Waals surface area contributed by atoms with Crippen molar-refractivity contribution in [3.05, 3.63) is 5.82 Å². The van der Waals surface area contributed by atoms with E-state index in [1.165, 1.54) is 7.11 Å². The minimum Gasteiger partial charge on any atom is -0.469 e. The predicted molar refractivity (Wildman–Crippen MR) is 60.7 cm³/mol. The lowest BCUT2D eigenvalue weighted by atomic mass is 10.2. The lowest BCUT2D eigenvalue weighted by Gasteiger charge is -2.17. The van der Waals surface area contributed by atoms with Crippen LogP contribution in [0, 0.1) is 5.92 Å². The Kier molecular flexibility index (Phi) is 3.31. The fourth-order valence-electron chi connectivity index (χ4n) is 1.65. The molecule has 1 heterocycles. The van der Waals surface area contributed by atoms with Gasteiger partial charge in [0.15, 0.2) is 5.82 Å². The molecule has 0 saturated heterocycles. The Morgan fingerprint density at radius 2 is 2.35 bits per heavy atom. The highest BCUT2D eigenvalue weighted by atomic mass is 16.5. The predicted octanol–water partition coefficient (Wildman–Crippen LogP) is 1.19. The van der Waals surface area contributed by atoms with Crippen LogP contribution in [-0.4, -0.2) is 36.8 Å². The molecule has 1 aliphatic rings. The fourth-order valence-corrected chi connectivity index (χ4v) is 1.65. The van der Waals surface area contributed by atoms with Gasteiger partial charge in [0.2, 0.25) is 0 Å². The molecule has 0 spiro atoms. The lowest BCUT2D eigenvalue weighted by molar-refractivity contribution is -0.144. The van der Waals surface area contributed by atoms with Crippen LogP contribution >= 0.6 is 0 Å². The van der Waals surface area contributed by atoms with Gasteiger partial charge in [-0.2, -0.15) is 4.98 Å². The minimum atomic E-state index is -0.237. The number of nitrogens with zero attached hydrogens (tertiary/aromatic N) is 3. The molecule has 0 radical (unpaired) electrons. The third-order valence-corrected chi connectivity index (χ3v) is 2.85. The van der Waals surface area contributed by atoms with E-state index >= 15 is 0 Å². The van der Waals surface area contributed by atoms with Gasteiger partial charge in [0, 0.05) is 19.5 Å². The highest BCUT2D eigenvalue weighted by Crippen LogP contribution is 2.38. The van der Waals surface area contributed by atoms with Crippen LogP contribution < -0.4 is 4.90 Å². The van der Waals surface area contributed by atoms with Gasteiger partial charge in [0.25, 0.3) is 0 Å². The van der Waals surface area contributed by atoms with Gasteiger partial charge in [-0.1, -0.05) is 12.1 Å². The zero-order valence-electron chi connectivity index (χ0n) is 10.3. The largest absolute Gasteiger partial charge is 0.469 e. The molecule has 2 rings (SSSR count). The van der Waals surface area contributed by atoms with Gasteiger partial charge in [-0.05, 0) is 12.8 Å². The number of ether oxygens (including phenoxy) is 1. The van der Waals surface area contributed by atoms with E-state index in [9.17, 15) is 4.79 Å². The second-order valence-electron chi connectivity index (χ2n) is 4.51. The summed E-state index contributed by atoms with van der Waals surface area (Å²) in [5.74, 6) is 0.788. The summed E-state index contributed by atoms with van der Waals surface area (Å²) >= 11 is 0. The van der Waals surface area contributed by atoms with E-state index in [1.807, 2.05) is 7.05 Å². The maximum Gasteiger partial charge on any atom is 0.323 e. The Balaban J connectivity index is 1.93. The van der Waals surface area contributed by atoms with Crippen molar-refractivity contribution in [3.63, 3.8) is 0 Å². The van der Waals surface area contributed by atoms with Crippen LogP contribution in [0.2, 0.25) is 0 Å². The van der Waals surface area contributed by atoms with E-state index in [0.29, 0.717) is 18.5 Å². The third-order valence-electron chi connectivity index (χ3n) is 2.85. The Morgan fingerprint density at radius 3 is 2.94 bits per heavy atom. The van der Waals surface area contributed by atoms with Crippen LogP contribution in [0.15, 0.2) is 4.52 Å². The average Bonchev–Trinajstić information content (AvgIpc) is 3.05. The number of aromatic nitrogens is 2. The maximum absolute atomic E-state index is 11.3. The molecule has 0 aliphatic heterocycles. The Bertz CT molecular complexity index is 400. The van der Waals surface area contributed by atoms with E-state index in [4.69, 9.17) is 4.52 Å². The number of hydrogen-bond acceptors (Lipinski definition) is 6. The van der Waals surface area contributed by atoms with Crippen molar-refractivity contribution in [1.29, 1.82) is 0 Å². The molecule has 0 N–H and O–H groups in total. The summed E-state index contributed by atoms with van der Waals surface area (Å²) < 4.78 is 9.82. The molecule has 1 atom stereocenters. The first-order valence-corrected chi connectivity index (χ1v) is 5.74. The zero-order chi connectivity index (χ0) is 12.4. The first-order chi connectivity index (χ1) is 8.11. The Hall–Kier alpha value is -1.59. The van der Waals surface area contributed by atoms with Crippen molar-refractivity contribution >= 4 is 12.0 Å². The summed E-state index contributed by atoms with van der Waals surface area (Å²) in [6, 6.07) is 0.461. The molecule has 17 heavy (non-hydrogen) atoms. The van der Waals surface area contributed by atoms with Gasteiger partial charge in [-0.3, -0.25) is 4.79 Å². The van der Waals surface area contributed by atoms with E-state index < -0.39 is 0 Å².